The number of hydrogen-bond acceptors (Lipinski definition) is 5. The summed E-state index contributed by atoms with van der Waals surface area (Å²) in [6, 6.07) is 12.0. The first kappa shape index (κ1) is 18.7. The number of carbonyl (C=O) groups is 2. The molecule has 3 N–H and O–H groups in total. The highest BCUT2D eigenvalue weighted by Crippen LogP contribution is 2.32. The van der Waals surface area contributed by atoms with Crippen LogP contribution in [0.15, 0.2) is 42.5 Å². The van der Waals surface area contributed by atoms with Crippen LogP contribution in [0.3, 0.4) is 0 Å². The average molecular weight is 384 g/mol. The molecule has 0 aliphatic heterocycles. The van der Waals surface area contributed by atoms with Gasteiger partial charge in [-0.2, -0.15) is 0 Å². The molecule has 0 saturated heterocycles. The van der Waals surface area contributed by atoms with Gasteiger partial charge in [0, 0.05) is 17.3 Å². The third-order valence-corrected chi connectivity index (χ3v) is 4.58. The van der Waals surface area contributed by atoms with Gasteiger partial charge in [-0.15, -0.1) is 0 Å². The van der Waals surface area contributed by atoms with E-state index in [1.165, 1.54) is 11.3 Å². The normalized spacial score (nSPS) is 10.7. The van der Waals surface area contributed by atoms with Crippen molar-refractivity contribution < 1.29 is 14.3 Å². The van der Waals surface area contributed by atoms with Crippen LogP contribution in [0.5, 0.6) is 5.75 Å². The molecule has 140 valence electrons. The van der Waals surface area contributed by atoms with Crippen molar-refractivity contribution in [2.45, 2.75) is 19.9 Å². The van der Waals surface area contributed by atoms with E-state index in [9.17, 15) is 9.59 Å². The number of fused-ring (bicyclic) bond motifs is 1. The van der Waals surface area contributed by atoms with E-state index in [0.717, 1.165) is 10.2 Å². The van der Waals surface area contributed by atoms with Gasteiger partial charge in [0.05, 0.1) is 11.8 Å². The van der Waals surface area contributed by atoms with Crippen molar-refractivity contribution >= 4 is 44.3 Å². The lowest BCUT2D eigenvalue weighted by atomic mass is 10.2. The minimum absolute atomic E-state index is 0.0440. The van der Waals surface area contributed by atoms with Gasteiger partial charge in [-0.3, -0.25) is 10.1 Å². The molecule has 0 saturated carbocycles. The van der Waals surface area contributed by atoms with Gasteiger partial charge in [-0.1, -0.05) is 17.4 Å². The minimum atomic E-state index is -0.286. The summed E-state index contributed by atoms with van der Waals surface area (Å²) in [6.45, 7) is 3.76. The number of benzene rings is 2. The summed E-state index contributed by atoms with van der Waals surface area (Å²) in [7, 11) is 1.59. The van der Waals surface area contributed by atoms with E-state index < -0.39 is 0 Å². The van der Waals surface area contributed by atoms with Crippen LogP contribution in [-0.2, 0) is 0 Å². The number of para-hydroxylation sites is 1. The SMILES string of the molecule is COc1cccc2sc(NC(=O)c3ccc(NC(=O)NC(C)C)cc3)nc12. The molecule has 7 nitrogen and oxygen atoms in total. The first-order valence-corrected chi connectivity index (χ1v) is 9.20. The summed E-state index contributed by atoms with van der Waals surface area (Å²) in [5, 5.41) is 8.75. The van der Waals surface area contributed by atoms with Gasteiger partial charge in [0.15, 0.2) is 5.13 Å². The molecule has 8 heteroatoms. The van der Waals surface area contributed by atoms with Gasteiger partial charge in [-0.25, -0.2) is 9.78 Å². The van der Waals surface area contributed by atoms with Gasteiger partial charge in [0.2, 0.25) is 0 Å². The van der Waals surface area contributed by atoms with Crippen molar-refractivity contribution in [2.75, 3.05) is 17.7 Å². The standard InChI is InChI=1S/C19H20N4O3S/c1-11(2)20-18(25)21-13-9-7-12(8-10-13)17(24)23-19-22-16-14(26-3)5-4-6-15(16)27-19/h4-11H,1-3H3,(H2,20,21,25)(H,22,23,24). The first-order valence-electron chi connectivity index (χ1n) is 8.38. The summed E-state index contributed by atoms with van der Waals surface area (Å²) < 4.78 is 6.22. The Morgan fingerprint density at radius 3 is 2.48 bits per heavy atom. The molecule has 0 radical (unpaired) electrons. The topological polar surface area (TPSA) is 92.4 Å². The Hall–Kier alpha value is -3.13. The Balaban J connectivity index is 1.68. The number of thiazole rings is 1. The van der Waals surface area contributed by atoms with Crippen molar-refractivity contribution in [3.8, 4) is 5.75 Å². The van der Waals surface area contributed by atoms with Crippen molar-refractivity contribution in [3.05, 3.63) is 48.0 Å². The van der Waals surface area contributed by atoms with E-state index in [0.29, 0.717) is 22.1 Å². The lowest BCUT2D eigenvalue weighted by Gasteiger charge is -2.10. The molecule has 0 aliphatic carbocycles. The average Bonchev–Trinajstić information content (AvgIpc) is 3.03. The Kier molecular flexibility index (Phi) is 5.56. The van der Waals surface area contributed by atoms with Gasteiger partial charge >= 0.3 is 6.03 Å². The second kappa shape index (κ2) is 8.05. The fourth-order valence-corrected chi connectivity index (χ4v) is 3.32. The third kappa shape index (κ3) is 4.53. The summed E-state index contributed by atoms with van der Waals surface area (Å²) in [6.07, 6.45) is 0. The van der Waals surface area contributed by atoms with Crippen LogP contribution in [0.25, 0.3) is 10.2 Å². The number of aromatic nitrogens is 1. The van der Waals surface area contributed by atoms with E-state index in [4.69, 9.17) is 4.74 Å². The molecule has 1 heterocycles. The molecule has 3 rings (SSSR count). The van der Waals surface area contributed by atoms with E-state index >= 15 is 0 Å². The number of nitrogens with zero attached hydrogens (tertiary/aromatic N) is 1. The van der Waals surface area contributed by atoms with E-state index in [1.807, 2.05) is 32.0 Å². The van der Waals surface area contributed by atoms with Crippen LogP contribution in [0.1, 0.15) is 24.2 Å². The number of urea groups is 1. The molecular weight excluding hydrogens is 364 g/mol. The molecule has 27 heavy (non-hydrogen) atoms. The fourth-order valence-electron chi connectivity index (χ4n) is 2.45. The molecule has 0 aliphatic rings. The van der Waals surface area contributed by atoms with E-state index in [-0.39, 0.29) is 18.0 Å². The molecule has 0 atom stereocenters. The quantitative estimate of drug-likeness (QED) is 0.618. The zero-order chi connectivity index (χ0) is 19.4. The number of rotatable bonds is 5. The predicted molar refractivity (Wildman–Crippen MR) is 108 cm³/mol. The predicted octanol–water partition coefficient (Wildman–Crippen LogP) is 4.09. The largest absolute Gasteiger partial charge is 0.494 e. The van der Waals surface area contributed by atoms with Gasteiger partial charge in [-0.05, 0) is 50.2 Å². The lowest BCUT2D eigenvalue weighted by molar-refractivity contribution is 0.102. The van der Waals surface area contributed by atoms with Crippen molar-refractivity contribution in [2.24, 2.45) is 0 Å². The van der Waals surface area contributed by atoms with Crippen molar-refractivity contribution in [3.63, 3.8) is 0 Å². The Morgan fingerprint density at radius 1 is 1.07 bits per heavy atom. The fraction of sp³-hybridized carbons (Fsp3) is 0.211. The van der Waals surface area contributed by atoms with Gasteiger partial charge < -0.3 is 15.4 Å². The minimum Gasteiger partial charge on any atom is -0.494 e. The molecule has 3 aromatic rings. The number of amides is 3. The molecule has 0 unspecified atom stereocenters. The molecule has 0 spiro atoms. The van der Waals surface area contributed by atoms with Gasteiger partial charge in [0.25, 0.3) is 5.91 Å². The summed E-state index contributed by atoms with van der Waals surface area (Å²) in [5.74, 6) is 0.394. The molecule has 3 amide bonds. The molecule has 0 bridgehead atoms. The summed E-state index contributed by atoms with van der Waals surface area (Å²) in [5.41, 5.74) is 1.79. The number of methoxy groups -OCH3 is 1. The maximum Gasteiger partial charge on any atom is 0.319 e. The Morgan fingerprint density at radius 2 is 1.81 bits per heavy atom. The maximum absolute atomic E-state index is 12.4. The highest BCUT2D eigenvalue weighted by atomic mass is 32.1. The monoisotopic (exact) mass is 384 g/mol. The maximum atomic E-state index is 12.4. The van der Waals surface area contributed by atoms with E-state index in [1.54, 1.807) is 31.4 Å². The molecule has 1 aromatic heterocycles. The highest BCUT2D eigenvalue weighted by Gasteiger charge is 2.12. The van der Waals surface area contributed by atoms with Crippen LogP contribution in [0.2, 0.25) is 0 Å². The zero-order valence-electron chi connectivity index (χ0n) is 15.2. The molecule has 0 fully saturated rings. The number of hydrogen-bond donors (Lipinski definition) is 3. The Bertz CT molecular complexity index is 967. The smallest absolute Gasteiger partial charge is 0.319 e. The number of nitrogens with one attached hydrogen (secondary N) is 3. The number of carbonyl (C=O) groups excluding carboxylic acids is 2. The van der Waals surface area contributed by atoms with Crippen LogP contribution in [-0.4, -0.2) is 30.1 Å². The van der Waals surface area contributed by atoms with E-state index in [2.05, 4.69) is 20.9 Å². The molecule has 2 aromatic carbocycles. The third-order valence-electron chi connectivity index (χ3n) is 3.65. The summed E-state index contributed by atoms with van der Waals surface area (Å²) >= 11 is 1.38. The first-order chi connectivity index (χ1) is 13.0. The number of ether oxygens (including phenoxy) is 1. The van der Waals surface area contributed by atoms with Crippen LogP contribution in [0, 0.1) is 0 Å². The lowest BCUT2D eigenvalue weighted by Crippen LogP contribution is -2.34. The second-order valence-corrected chi connectivity index (χ2v) is 7.14. The van der Waals surface area contributed by atoms with Gasteiger partial charge in [0.1, 0.15) is 11.3 Å². The van der Waals surface area contributed by atoms with Crippen LogP contribution >= 0.6 is 11.3 Å². The second-order valence-electron chi connectivity index (χ2n) is 6.11. The Labute approximate surface area is 160 Å². The molecular formula is C19H20N4O3S. The van der Waals surface area contributed by atoms with Crippen LogP contribution < -0.4 is 20.7 Å². The van der Waals surface area contributed by atoms with Crippen molar-refractivity contribution in [1.29, 1.82) is 0 Å². The van der Waals surface area contributed by atoms with Crippen LogP contribution in [0.4, 0.5) is 15.6 Å². The summed E-state index contributed by atoms with van der Waals surface area (Å²) in [4.78, 5) is 28.6. The number of anilines is 2. The van der Waals surface area contributed by atoms with Crippen molar-refractivity contribution in [1.82, 2.24) is 10.3 Å². The highest BCUT2D eigenvalue weighted by molar-refractivity contribution is 7.22. The zero-order valence-corrected chi connectivity index (χ0v) is 16.0.